The highest BCUT2D eigenvalue weighted by atomic mass is 35.5. The van der Waals surface area contributed by atoms with Crippen LogP contribution in [0.2, 0.25) is 5.02 Å². The molecule has 7 heteroatoms. The third kappa shape index (κ3) is 5.37. The summed E-state index contributed by atoms with van der Waals surface area (Å²) in [6, 6.07) is 12.4. The van der Waals surface area contributed by atoms with Gasteiger partial charge in [-0.15, -0.1) is 0 Å². The van der Waals surface area contributed by atoms with Gasteiger partial charge in [0, 0.05) is 16.5 Å². The highest BCUT2D eigenvalue weighted by Crippen LogP contribution is 2.29. The molecule has 0 radical (unpaired) electrons. The van der Waals surface area contributed by atoms with Gasteiger partial charge in [-0.3, -0.25) is 4.99 Å². The number of nitrogens with two attached hydrogens (primary N) is 2. The van der Waals surface area contributed by atoms with Crippen LogP contribution in [0.3, 0.4) is 0 Å². The van der Waals surface area contributed by atoms with Gasteiger partial charge in [-0.05, 0) is 86.6 Å². The Kier molecular flexibility index (Phi) is 6.61. The molecular weight excluding hydrogens is 420 g/mol. The molecule has 2 aromatic carbocycles. The molecule has 1 saturated carbocycles. The molecule has 1 aliphatic carbocycles. The Labute approximate surface area is 193 Å². The zero-order chi connectivity index (χ0) is 22.7. The number of nitrogens with zero attached hydrogens (tertiary/aromatic N) is 3. The number of guanidine groups is 1. The highest BCUT2D eigenvalue weighted by molar-refractivity contribution is 6.30. The number of benzene rings is 2. The number of aromatic nitrogens is 2. The number of aryl methyl sites for hydroxylation is 2. The third-order valence-corrected chi connectivity index (χ3v) is 6.19. The van der Waals surface area contributed by atoms with Crippen molar-refractivity contribution in [2.75, 3.05) is 5.32 Å². The molecular formula is C25H29ClN6. The maximum absolute atomic E-state index is 5.99. The van der Waals surface area contributed by atoms with Gasteiger partial charge in [0.25, 0.3) is 0 Å². The second kappa shape index (κ2) is 9.57. The van der Waals surface area contributed by atoms with Crippen molar-refractivity contribution in [1.29, 1.82) is 0 Å². The van der Waals surface area contributed by atoms with Crippen molar-refractivity contribution >= 4 is 46.4 Å². The van der Waals surface area contributed by atoms with Gasteiger partial charge >= 0.3 is 0 Å². The van der Waals surface area contributed by atoms with Crippen molar-refractivity contribution in [3.8, 4) is 0 Å². The first-order chi connectivity index (χ1) is 15.4. The molecule has 4 rings (SSSR count). The highest BCUT2D eigenvalue weighted by Gasteiger charge is 2.23. The van der Waals surface area contributed by atoms with Crippen molar-refractivity contribution in [2.24, 2.45) is 16.5 Å². The van der Waals surface area contributed by atoms with Crippen LogP contribution in [0, 0.1) is 13.8 Å². The number of aliphatic imine (C=N–C) groups is 1. The molecule has 0 aliphatic heterocycles. The summed E-state index contributed by atoms with van der Waals surface area (Å²) in [4.78, 5) is 14.0. The van der Waals surface area contributed by atoms with E-state index in [4.69, 9.17) is 33.0 Å². The fourth-order valence-corrected chi connectivity index (χ4v) is 4.28. The second-order valence-corrected chi connectivity index (χ2v) is 8.92. The topological polar surface area (TPSA) is 102 Å². The largest absolute Gasteiger partial charge is 0.370 e. The number of nitrogens with one attached hydrogen (secondary N) is 1. The summed E-state index contributed by atoms with van der Waals surface area (Å²) in [6.45, 7) is 4.22. The zero-order valence-corrected chi connectivity index (χ0v) is 19.2. The normalized spacial score (nSPS) is 18.7. The van der Waals surface area contributed by atoms with Gasteiger partial charge in [0.2, 0.25) is 0 Å². The molecule has 0 saturated heterocycles. The van der Waals surface area contributed by atoms with E-state index in [0.717, 1.165) is 48.0 Å². The minimum absolute atomic E-state index is 0.146. The molecule has 1 fully saturated rings. The van der Waals surface area contributed by atoms with Gasteiger partial charge < -0.3 is 16.8 Å². The number of halogens is 1. The SMILES string of the molecule is Cc1cc2nc(C=Cc3ccc(Cl)cc3)nc(N[C@@H]3CCC[C@H](N=C(N)N)C3)c2cc1C. The van der Waals surface area contributed by atoms with E-state index in [0.29, 0.717) is 10.8 Å². The molecule has 166 valence electrons. The lowest BCUT2D eigenvalue weighted by molar-refractivity contribution is 0.410. The van der Waals surface area contributed by atoms with Crippen LogP contribution in [0.1, 0.15) is 48.2 Å². The first-order valence-corrected chi connectivity index (χ1v) is 11.3. The summed E-state index contributed by atoms with van der Waals surface area (Å²) in [5.74, 6) is 1.67. The Morgan fingerprint density at radius 1 is 1.06 bits per heavy atom. The Morgan fingerprint density at radius 3 is 2.56 bits per heavy atom. The quantitative estimate of drug-likeness (QED) is 0.373. The van der Waals surface area contributed by atoms with Crippen molar-refractivity contribution in [3.05, 3.63) is 63.9 Å². The molecule has 3 aromatic rings. The molecule has 2 atom stereocenters. The molecule has 1 heterocycles. The zero-order valence-electron chi connectivity index (χ0n) is 18.5. The molecule has 0 unspecified atom stereocenters. The third-order valence-electron chi connectivity index (χ3n) is 5.94. The van der Waals surface area contributed by atoms with Gasteiger partial charge in [-0.2, -0.15) is 0 Å². The molecule has 32 heavy (non-hydrogen) atoms. The number of fused-ring (bicyclic) bond motifs is 1. The molecule has 6 nitrogen and oxygen atoms in total. The van der Waals surface area contributed by atoms with Crippen LogP contribution in [0.5, 0.6) is 0 Å². The van der Waals surface area contributed by atoms with E-state index in [9.17, 15) is 0 Å². The van der Waals surface area contributed by atoms with E-state index >= 15 is 0 Å². The molecule has 0 amide bonds. The van der Waals surface area contributed by atoms with Gasteiger partial charge in [-0.25, -0.2) is 9.97 Å². The van der Waals surface area contributed by atoms with Crippen molar-refractivity contribution in [3.63, 3.8) is 0 Å². The lowest BCUT2D eigenvalue weighted by atomic mass is 9.91. The standard InChI is InChI=1S/C25H29ClN6/c1-15-12-21-22(13-16(15)2)31-23(11-8-17-6-9-18(26)10-7-17)32-24(21)29-19-4-3-5-20(14-19)30-25(27)28/h6-13,19-20H,3-5,14H2,1-2H3,(H4,27,28,30)(H,29,31,32)/t19-,20+/m1/s1. The van der Waals surface area contributed by atoms with Gasteiger partial charge in [-0.1, -0.05) is 29.8 Å². The van der Waals surface area contributed by atoms with E-state index in [1.165, 1.54) is 11.1 Å². The maximum atomic E-state index is 5.99. The van der Waals surface area contributed by atoms with Crippen molar-refractivity contribution in [1.82, 2.24) is 9.97 Å². The summed E-state index contributed by atoms with van der Waals surface area (Å²) < 4.78 is 0. The molecule has 5 N–H and O–H groups in total. The minimum atomic E-state index is 0.146. The predicted octanol–water partition coefficient (Wildman–Crippen LogP) is 5.07. The van der Waals surface area contributed by atoms with Crippen molar-refractivity contribution in [2.45, 2.75) is 51.6 Å². The van der Waals surface area contributed by atoms with E-state index in [1.807, 2.05) is 36.4 Å². The summed E-state index contributed by atoms with van der Waals surface area (Å²) in [7, 11) is 0. The number of hydrogen-bond donors (Lipinski definition) is 3. The van der Waals surface area contributed by atoms with E-state index in [2.05, 4.69) is 36.3 Å². The number of hydrogen-bond acceptors (Lipinski definition) is 4. The molecule has 1 aromatic heterocycles. The Balaban J connectivity index is 1.67. The van der Waals surface area contributed by atoms with Gasteiger partial charge in [0.15, 0.2) is 11.8 Å². The predicted molar refractivity (Wildman–Crippen MR) is 135 cm³/mol. The van der Waals surface area contributed by atoms with Gasteiger partial charge in [0.1, 0.15) is 5.82 Å². The smallest absolute Gasteiger partial charge is 0.186 e. The van der Waals surface area contributed by atoms with E-state index < -0.39 is 0 Å². The average Bonchev–Trinajstić information content (AvgIpc) is 2.74. The van der Waals surface area contributed by atoms with Crippen molar-refractivity contribution < 1.29 is 0 Å². The Morgan fingerprint density at radius 2 is 1.81 bits per heavy atom. The maximum Gasteiger partial charge on any atom is 0.186 e. The summed E-state index contributed by atoms with van der Waals surface area (Å²) in [6.07, 6.45) is 7.95. The monoisotopic (exact) mass is 448 g/mol. The van der Waals surface area contributed by atoms with Crippen LogP contribution in [0.15, 0.2) is 41.4 Å². The summed E-state index contributed by atoms with van der Waals surface area (Å²) in [5.41, 5.74) is 15.6. The summed E-state index contributed by atoms with van der Waals surface area (Å²) in [5, 5.41) is 5.41. The van der Waals surface area contributed by atoms with Gasteiger partial charge in [0.05, 0.1) is 11.6 Å². The lowest BCUT2D eigenvalue weighted by Crippen LogP contribution is -2.33. The van der Waals surface area contributed by atoms with Crippen LogP contribution in [-0.2, 0) is 0 Å². The lowest BCUT2D eigenvalue weighted by Gasteiger charge is -2.28. The van der Waals surface area contributed by atoms with Crippen LogP contribution >= 0.6 is 11.6 Å². The summed E-state index contributed by atoms with van der Waals surface area (Å²) >= 11 is 5.99. The number of anilines is 1. The first kappa shape index (κ1) is 22.1. The molecule has 0 spiro atoms. The Bertz CT molecular complexity index is 1170. The second-order valence-electron chi connectivity index (χ2n) is 8.48. The van der Waals surface area contributed by atoms with E-state index in [-0.39, 0.29) is 18.0 Å². The van der Waals surface area contributed by atoms with Crippen LogP contribution in [0.25, 0.3) is 23.1 Å². The van der Waals surface area contributed by atoms with Crippen LogP contribution < -0.4 is 16.8 Å². The number of rotatable bonds is 5. The van der Waals surface area contributed by atoms with Crippen LogP contribution in [0.4, 0.5) is 5.82 Å². The molecule has 0 bridgehead atoms. The fourth-order valence-electron chi connectivity index (χ4n) is 4.15. The molecule has 1 aliphatic rings. The first-order valence-electron chi connectivity index (χ1n) is 11.0. The van der Waals surface area contributed by atoms with E-state index in [1.54, 1.807) is 0 Å². The minimum Gasteiger partial charge on any atom is -0.370 e. The Hall–Kier alpha value is -3.12. The average molecular weight is 449 g/mol. The van der Waals surface area contributed by atoms with Crippen LogP contribution in [-0.4, -0.2) is 28.0 Å². The fraction of sp³-hybridized carbons (Fsp3) is 0.320.